The minimum absolute atomic E-state index is 0.314. The molecule has 1 fully saturated rings. The zero-order valence-electron chi connectivity index (χ0n) is 11.8. The van der Waals surface area contributed by atoms with Gasteiger partial charge in [0.15, 0.2) is 0 Å². The Kier molecular flexibility index (Phi) is 4.20. The maximum Gasteiger partial charge on any atom is 0.115 e. The van der Waals surface area contributed by atoms with Gasteiger partial charge in [-0.1, -0.05) is 23.7 Å². The third-order valence-electron chi connectivity index (χ3n) is 3.94. The summed E-state index contributed by atoms with van der Waals surface area (Å²) in [5, 5.41) is 13.7. The van der Waals surface area contributed by atoms with E-state index in [1.807, 2.05) is 36.4 Å². The topological polar surface area (TPSA) is 35.5 Å². The van der Waals surface area contributed by atoms with Crippen molar-refractivity contribution in [3.8, 4) is 5.75 Å². The highest BCUT2D eigenvalue weighted by atomic mass is 35.5. The van der Waals surface area contributed by atoms with Crippen molar-refractivity contribution in [2.24, 2.45) is 0 Å². The van der Waals surface area contributed by atoms with Gasteiger partial charge in [0.25, 0.3) is 0 Å². The van der Waals surface area contributed by atoms with Gasteiger partial charge in [0.05, 0.1) is 10.7 Å². The highest BCUT2D eigenvalue weighted by Crippen LogP contribution is 2.26. The Bertz CT molecular complexity index is 592. The number of benzene rings is 2. The molecule has 2 N–H and O–H groups in total. The molecule has 1 aliphatic rings. The highest BCUT2D eigenvalue weighted by molar-refractivity contribution is 6.33. The smallest absolute Gasteiger partial charge is 0.115 e. The molecule has 3 nitrogen and oxygen atoms in total. The number of phenols is 1. The third-order valence-corrected chi connectivity index (χ3v) is 4.27. The van der Waals surface area contributed by atoms with Crippen molar-refractivity contribution >= 4 is 23.0 Å². The van der Waals surface area contributed by atoms with E-state index in [0.29, 0.717) is 11.8 Å². The van der Waals surface area contributed by atoms with Gasteiger partial charge in [-0.3, -0.25) is 0 Å². The van der Waals surface area contributed by atoms with Crippen LogP contribution >= 0.6 is 11.6 Å². The Balaban J connectivity index is 1.58. The standard InChI is InChI=1S/C17H19ClN2O/c18-16-3-1-2-4-17(16)19-13-9-11-20(12-10-13)14-5-7-15(21)8-6-14/h1-8,13,19,21H,9-12H2. The summed E-state index contributed by atoms with van der Waals surface area (Å²) < 4.78 is 0. The number of aromatic hydroxyl groups is 1. The summed E-state index contributed by atoms with van der Waals surface area (Å²) in [6, 6.07) is 15.8. The first-order valence-electron chi connectivity index (χ1n) is 7.27. The van der Waals surface area contributed by atoms with E-state index in [0.717, 1.165) is 36.6 Å². The Hall–Kier alpha value is -1.87. The molecule has 2 aromatic carbocycles. The zero-order valence-corrected chi connectivity index (χ0v) is 12.6. The molecule has 1 aliphatic heterocycles. The van der Waals surface area contributed by atoms with Crippen molar-refractivity contribution < 1.29 is 5.11 Å². The minimum atomic E-state index is 0.314. The second kappa shape index (κ2) is 6.27. The van der Waals surface area contributed by atoms with Crippen molar-refractivity contribution in [2.75, 3.05) is 23.3 Å². The average molecular weight is 303 g/mol. The van der Waals surface area contributed by atoms with E-state index >= 15 is 0 Å². The summed E-state index contributed by atoms with van der Waals surface area (Å²) in [7, 11) is 0. The first-order chi connectivity index (χ1) is 10.2. The van der Waals surface area contributed by atoms with Gasteiger partial charge in [-0.05, 0) is 49.2 Å². The molecule has 2 aromatic rings. The fraction of sp³-hybridized carbons (Fsp3) is 0.294. The second-order valence-corrected chi connectivity index (χ2v) is 5.81. The summed E-state index contributed by atoms with van der Waals surface area (Å²) in [4.78, 5) is 2.35. The number of halogens is 1. The van der Waals surface area contributed by atoms with Crippen molar-refractivity contribution in [1.82, 2.24) is 0 Å². The van der Waals surface area contributed by atoms with Crippen LogP contribution in [0, 0.1) is 0 Å². The number of nitrogens with one attached hydrogen (secondary N) is 1. The van der Waals surface area contributed by atoms with Gasteiger partial charge in [-0.25, -0.2) is 0 Å². The van der Waals surface area contributed by atoms with Gasteiger partial charge < -0.3 is 15.3 Å². The van der Waals surface area contributed by atoms with Crippen LogP contribution in [-0.2, 0) is 0 Å². The van der Waals surface area contributed by atoms with E-state index in [9.17, 15) is 5.11 Å². The molecule has 0 bridgehead atoms. The number of hydrogen-bond donors (Lipinski definition) is 2. The second-order valence-electron chi connectivity index (χ2n) is 5.40. The molecule has 4 heteroatoms. The molecule has 0 unspecified atom stereocenters. The van der Waals surface area contributed by atoms with E-state index in [1.165, 1.54) is 5.69 Å². The van der Waals surface area contributed by atoms with Crippen LogP contribution in [0.4, 0.5) is 11.4 Å². The molecule has 21 heavy (non-hydrogen) atoms. The van der Waals surface area contributed by atoms with Gasteiger partial charge in [0.2, 0.25) is 0 Å². The summed E-state index contributed by atoms with van der Waals surface area (Å²) in [5.74, 6) is 0.314. The van der Waals surface area contributed by atoms with Gasteiger partial charge >= 0.3 is 0 Å². The number of nitrogens with zero attached hydrogens (tertiary/aromatic N) is 1. The molecule has 0 radical (unpaired) electrons. The summed E-state index contributed by atoms with van der Waals surface area (Å²) in [6.07, 6.45) is 2.15. The van der Waals surface area contributed by atoms with Gasteiger partial charge in [-0.15, -0.1) is 0 Å². The van der Waals surface area contributed by atoms with E-state index < -0.39 is 0 Å². The lowest BCUT2D eigenvalue weighted by Crippen LogP contribution is -2.39. The molecule has 0 aromatic heterocycles. The Morgan fingerprint density at radius 1 is 1.00 bits per heavy atom. The van der Waals surface area contributed by atoms with Crippen LogP contribution in [0.5, 0.6) is 5.75 Å². The lowest BCUT2D eigenvalue weighted by molar-refractivity contribution is 0.475. The number of hydrogen-bond acceptors (Lipinski definition) is 3. The van der Waals surface area contributed by atoms with E-state index in [2.05, 4.69) is 10.2 Å². The van der Waals surface area contributed by atoms with Crippen LogP contribution in [0.15, 0.2) is 48.5 Å². The van der Waals surface area contributed by atoms with Crippen LogP contribution in [0.3, 0.4) is 0 Å². The molecule has 0 spiro atoms. The first kappa shape index (κ1) is 14.1. The van der Waals surface area contributed by atoms with Crippen molar-refractivity contribution in [2.45, 2.75) is 18.9 Å². The molecule has 110 valence electrons. The average Bonchev–Trinajstić information content (AvgIpc) is 2.51. The van der Waals surface area contributed by atoms with E-state index in [4.69, 9.17) is 11.6 Å². The molecular formula is C17H19ClN2O. The van der Waals surface area contributed by atoms with Crippen LogP contribution in [0.2, 0.25) is 5.02 Å². The number of para-hydroxylation sites is 1. The fourth-order valence-electron chi connectivity index (χ4n) is 2.74. The SMILES string of the molecule is Oc1ccc(N2CCC(Nc3ccccc3Cl)CC2)cc1. The molecular weight excluding hydrogens is 284 g/mol. The first-order valence-corrected chi connectivity index (χ1v) is 7.65. The molecule has 1 heterocycles. The lowest BCUT2D eigenvalue weighted by Gasteiger charge is -2.34. The minimum Gasteiger partial charge on any atom is -0.508 e. The number of rotatable bonds is 3. The number of anilines is 2. The summed E-state index contributed by atoms with van der Waals surface area (Å²) in [6.45, 7) is 2.01. The highest BCUT2D eigenvalue weighted by Gasteiger charge is 2.19. The summed E-state index contributed by atoms with van der Waals surface area (Å²) in [5.41, 5.74) is 2.19. The maximum absolute atomic E-state index is 9.35. The van der Waals surface area contributed by atoms with E-state index in [-0.39, 0.29) is 0 Å². The molecule has 0 amide bonds. The molecule has 3 rings (SSSR count). The van der Waals surface area contributed by atoms with Gasteiger partial charge in [-0.2, -0.15) is 0 Å². The van der Waals surface area contributed by atoms with Gasteiger partial charge in [0, 0.05) is 24.8 Å². The third kappa shape index (κ3) is 3.42. The molecule has 0 saturated carbocycles. The van der Waals surface area contributed by atoms with Crippen LogP contribution < -0.4 is 10.2 Å². The lowest BCUT2D eigenvalue weighted by atomic mass is 10.0. The van der Waals surface area contributed by atoms with E-state index in [1.54, 1.807) is 12.1 Å². The van der Waals surface area contributed by atoms with Gasteiger partial charge in [0.1, 0.15) is 5.75 Å². The summed E-state index contributed by atoms with van der Waals surface area (Å²) >= 11 is 6.19. The predicted octanol–water partition coefficient (Wildman–Crippen LogP) is 4.13. The number of phenolic OH excluding ortho intramolecular Hbond substituents is 1. The van der Waals surface area contributed by atoms with Crippen LogP contribution in [0.1, 0.15) is 12.8 Å². The van der Waals surface area contributed by atoms with Crippen molar-refractivity contribution in [3.05, 3.63) is 53.6 Å². The fourth-order valence-corrected chi connectivity index (χ4v) is 2.93. The predicted molar refractivity (Wildman–Crippen MR) is 88.4 cm³/mol. The Morgan fingerprint density at radius 2 is 1.67 bits per heavy atom. The zero-order chi connectivity index (χ0) is 14.7. The maximum atomic E-state index is 9.35. The molecule has 1 saturated heterocycles. The molecule has 0 atom stereocenters. The van der Waals surface area contributed by atoms with Crippen LogP contribution in [0.25, 0.3) is 0 Å². The van der Waals surface area contributed by atoms with Crippen molar-refractivity contribution in [1.29, 1.82) is 0 Å². The Labute approximate surface area is 130 Å². The Morgan fingerprint density at radius 3 is 2.33 bits per heavy atom. The monoisotopic (exact) mass is 302 g/mol. The normalized spacial score (nSPS) is 16.0. The van der Waals surface area contributed by atoms with Crippen molar-refractivity contribution in [3.63, 3.8) is 0 Å². The largest absolute Gasteiger partial charge is 0.508 e. The molecule has 0 aliphatic carbocycles. The quantitative estimate of drug-likeness (QED) is 0.895. The number of piperidine rings is 1. The van der Waals surface area contributed by atoms with Crippen LogP contribution in [-0.4, -0.2) is 24.2 Å².